The standard InChI is InChI=1S/C13H17NO3/c1-15-12-5-2-10(3-6-12)8-16-13-7-4-11(14)9-17-13/h2-7,11,13H,8-9,14H2,1H3/t11-,13+/m0/s1. The predicted octanol–water partition coefficient (Wildman–Crippen LogP) is 1.45. The predicted molar refractivity (Wildman–Crippen MR) is 64.6 cm³/mol. The molecule has 1 aliphatic heterocycles. The first-order chi connectivity index (χ1) is 8.28. The SMILES string of the molecule is COc1ccc(CO[C@H]2C=C[C@H](N)CO2)cc1. The molecule has 92 valence electrons. The molecule has 1 aromatic rings. The van der Waals surface area contributed by atoms with Gasteiger partial charge in [-0.15, -0.1) is 0 Å². The maximum Gasteiger partial charge on any atom is 0.177 e. The molecule has 0 unspecified atom stereocenters. The van der Waals surface area contributed by atoms with Gasteiger partial charge in [-0.1, -0.05) is 18.2 Å². The van der Waals surface area contributed by atoms with Gasteiger partial charge in [0.05, 0.1) is 20.3 Å². The summed E-state index contributed by atoms with van der Waals surface area (Å²) >= 11 is 0. The van der Waals surface area contributed by atoms with Crippen molar-refractivity contribution in [2.75, 3.05) is 13.7 Å². The second-order valence-corrected chi connectivity index (χ2v) is 3.91. The molecule has 17 heavy (non-hydrogen) atoms. The molecule has 4 heteroatoms. The van der Waals surface area contributed by atoms with Gasteiger partial charge in [-0.2, -0.15) is 0 Å². The highest BCUT2D eigenvalue weighted by molar-refractivity contribution is 5.26. The monoisotopic (exact) mass is 235 g/mol. The van der Waals surface area contributed by atoms with Gasteiger partial charge in [-0.05, 0) is 23.8 Å². The maximum absolute atomic E-state index is 5.65. The maximum atomic E-state index is 5.65. The normalized spacial score (nSPS) is 23.6. The minimum Gasteiger partial charge on any atom is -0.497 e. The number of ether oxygens (including phenoxy) is 3. The second kappa shape index (κ2) is 5.82. The van der Waals surface area contributed by atoms with E-state index in [1.165, 1.54) is 0 Å². The summed E-state index contributed by atoms with van der Waals surface area (Å²) < 4.78 is 16.1. The Balaban J connectivity index is 1.83. The van der Waals surface area contributed by atoms with Gasteiger partial charge in [0.15, 0.2) is 6.29 Å². The summed E-state index contributed by atoms with van der Waals surface area (Å²) in [4.78, 5) is 0. The highest BCUT2D eigenvalue weighted by Gasteiger charge is 2.13. The third-order valence-electron chi connectivity index (χ3n) is 2.54. The van der Waals surface area contributed by atoms with Gasteiger partial charge in [-0.3, -0.25) is 0 Å². The van der Waals surface area contributed by atoms with Crippen molar-refractivity contribution in [3.8, 4) is 5.75 Å². The lowest BCUT2D eigenvalue weighted by Crippen LogP contribution is -2.32. The molecular weight excluding hydrogens is 218 g/mol. The fourth-order valence-corrected chi connectivity index (χ4v) is 1.55. The van der Waals surface area contributed by atoms with E-state index >= 15 is 0 Å². The largest absolute Gasteiger partial charge is 0.497 e. The van der Waals surface area contributed by atoms with Crippen LogP contribution in [0.15, 0.2) is 36.4 Å². The summed E-state index contributed by atoms with van der Waals surface area (Å²) in [7, 11) is 1.65. The second-order valence-electron chi connectivity index (χ2n) is 3.91. The third kappa shape index (κ3) is 3.56. The van der Waals surface area contributed by atoms with Gasteiger partial charge < -0.3 is 19.9 Å². The topological polar surface area (TPSA) is 53.7 Å². The van der Waals surface area contributed by atoms with Crippen molar-refractivity contribution in [2.45, 2.75) is 18.9 Å². The first-order valence-electron chi connectivity index (χ1n) is 5.58. The lowest BCUT2D eigenvalue weighted by molar-refractivity contribution is -0.125. The van der Waals surface area contributed by atoms with Gasteiger partial charge in [0.1, 0.15) is 5.75 Å². The minimum atomic E-state index is -0.295. The molecule has 2 N–H and O–H groups in total. The Morgan fingerprint density at radius 2 is 2.06 bits per heavy atom. The van der Waals surface area contributed by atoms with Gasteiger partial charge >= 0.3 is 0 Å². The van der Waals surface area contributed by atoms with Crippen LogP contribution < -0.4 is 10.5 Å². The quantitative estimate of drug-likeness (QED) is 0.803. The zero-order chi connectivity index (χ0) is 12.1. The number of nitrogens with two attached hydrogens (primary N) is 1. The molecule has 2 rings (SSSR count). The first kappa shape index (κ1) is 12.1. The van der Waals surface area contributed by atoms with Crippen molar-refractivity contribution >= 4 is 0 Å². The van der Waals surface area contributed by atoms with Crippen molar-refractivity contribution in [3.63, 3.8) is 0 Å². The Hall–Kier alpha value is -1.36. The Kier molecular flexibility index (Phi) is 4.14. The fraction of sp³-hybridized carbons (Fsp3) is 0.385. The van der Waals surface area contributed by atoms with Crippen LogP contribution in [0.2, 0.25) is 0 Å². The summed E-state index contributed by atoms with van der Waals surface area (Å²) in [5.74, 6) is 0.841. The van der Waals surface area contributed by atoms with E-state index in [-0.39, 0.29) is 12.3 Å². The smallest absolute Gasteiger partial charge is 0.177 e. The zero-order valence-electron chi connectivity index (χ0n) is 9.84. The number of methoxy groups -OCH3 is 1. The molecule has 0 aliphatic carbocycles. The van der Waals surface area contributed by atoms with Crippen LogP contribution >= 0.6 is 0 Å². The minimum absolute atomic E-state index is 0.0177. The molecule has 1 aromatic carbocycles. The Labute approximate surface area is 101 Å². The van der Waals surface area contributed by atoms with Crippen molar-refractivity contribution in [3.05, 3.63) is 42.0 Å². The number of rotatable bonds is 4. The molecule has 0 radical (unpaired) electrons. The van der Waals surface area contributed by atoms with Crippen molar-refractivity contribution in [2.24, 2.45) is 5.73 Å². The highest BCUT2D eigenvalue weighted by Crippen LogP contribution is 2.14. The zero-order valence-corrected chi connectivity index (χ0v) is 9.84. The molecule has 0 aromatic heterocycles. The van der Waals surface area contributed by atoms with Gasteiger partial charge in [0.2, 0.25) is 0 Å². The Bertz CT molecular complexity index is 375. The van der Waals surface area contributed by atoms with E-state index < -0.39 is 0 Å². The van der Waals surface area contributed by atoms with Crippen LogP contribution in [-0.2, 0) is 16.1 Å². The summed E-state index contributed by atoms with van der Waals surface area (Å²) in [5, 5.41) is 0. The van der Waals surface area contributed by atoms with Gasteiger partial charge in [0.25, 0.3) is 0 Å². The van der Waals surface area contributed by atoms with Crippen LogP contribution in [0.25, 0.3) is 0 Å². The van der Waals surface area contributed by atoms with Crippen LogP contribution in [0.4, 0.5) is 0 Å². The molecule has 4 nitrogen and oxygen atoms in total. The van der Waals surface area contributed by atoms with E-state index in [2.05, 4.69) is 0 Å². The number of benzene rings is 1. The Morgan fingerprint density at radius 1 is 1.29 bits per heavy atom. The average molecular weight is 235 g/mol. The summed E-state index contributed by atoms with van der Waals surface area (Å²) in [6, 6.07) is 7.74. The highest BCUT2D eigenvalue weighted by atomic mass is 16.7. The van der Waals surface area contributed by atoms with Crippen molar-refractivity contribution in [1.29, 1.82) is 0 Å². The molecule has 0 saturated heterocycles. The van der Waals surface area contributed by atoms with Gasteiger partial charge in [-0.25, -0.2) is 0 Å². The molecule has 2 atom stereocenters. The molecular formula is C13H17NO3. The van der Waals surface area contributed by atoms with E-state index in [0.717, 1.165) is 11.3 Å². The summed E-state index contributed by atoms with van der Waals surface area (Å²) in [6.07, 6.45) is 3.46. The van der Waals surface area contributed by atoms with Crippen LogP contribution in [-0.4, -0.2) is 26.0 Å². The molecule has 1 heterocycles. The van der Waals surface area contributed by atoms with Gasteiger partial charge in [0, 0.05) is 6.04 Å². The summed E-state index contributed by atoms with van der Waals surface area (Å²) in [6.45, 7) is 1.01. The molecule has 1 aliphatic rings. The van der Waals surface area contributed by atoms with E-state index in [4.69, 9.17) is 19.9 Å². The van der Waals surface area contributed by atoms with Crippen LogP contribution in [0.1, 0.15) is 5.56 Å². The third-order valence-corrected chi connectivity index (χ3v) is 2.54. The molecule has 0 amide bonds. The molecule has 0 fully saturated rings. The Morgan fingerprint density at radius 3 is 2.65 bits per heavy atom. The van der Waals surface area contributed by atoms with E-state index in [1.54, 1.807) is 7.11 Å². The number of hydrogen-bond donors (Lipinski definition) is 1. The van der Waals surface area contributed by atoms with E-state index in [1.807, 2.05) is 36.4 Å². The molecule has 0 bridgehead atoms. The van der Waals surface area contributed by atoms with Crippen LogP contribution in [0.3, 0.4) is 0 Å². The lowest BCUT2D eigenvalue weighted by Gasteiger charge is -2.21. The van der Waals surface area contributed by atoms with E-state index in [9.17, 15) is 0 Å². The molecule has 0 saturated carbocycles. The lowest BCUT2D eigenvalue weighted by atomic mass is 10.2. The first-order valence-corrected chi connectivity index (χ1v) is 5.58. The van der Waals surface area contributed by atoms with E-state index in [0.29, 0.717) is 13.2 Å². The summed E-state index contributed by atoms with van der Waals surface area (Å²) in [5.41, 5.74) is 6.74. The van der Waals surface area contributed by atoms with Crippen LogP contribution in [0.5, 0.6) is 5.75 Å². The van der Waals surface area contributed by atoms with Crippen molar-refractivity contribution < 1.29 is 14.2 Å². The van der Waals surface area contributed by atoms with Crippen molar-refractivity contribution in [1.82, 2.24) is 0 Å². The average Bonchev–Trinajstić information content (AvgIpc) is 2.39. The fourth-order valence-electron chi connectivity index (χ4n) is 1.55. The number of hydrogen-bond acceptors (Lipinski definition) is 4. The van der Waals surface area contributed by atoms with Crippen LogP contribution in [0, 0.1) is 0 Å². The molecule has 0 spiro atoms.